The quantitative estimate of drug-likeness (QED) is 0.481. The zero-order valence-corrected chi connectivity index (χ0v) is 17.0. The Morgan fingerprint density at radius 1 is 1.03 bits per heavy atom. The Morgan fingerprint density at radius 3 is 2.45 bits per heavy atom. The van der Waals surface area contributed by atoms with Crippen LogP contribution in [0.4, 0.5) is 5.69 Å². The van der Waals surface area contributed by atoms with Crippen molar-refractivity contribution in [2.24, 2.45) is 0 Å². The molecule has 1 amide bonds. The largest absolute Gasteiger partial charge is 0.308 e. The third-order valence-corrected chi connectivity index (χ3v) is 5.18. The van der Waals surface area contributed by atoms with Crippen molar-refractivity contribution in [2.75, 3.05) is 11.4 Å². The number of carbonyl (C=O) groups is 1. The molecule has 0 N–H and O–H groups in total. The van der Waals surface area contributed by atoms with Crippen LogP contribution in [0.3, 0.4) is 0 Å². The minimum atomic E-state index is -0.0398. The normalized spacial score (nSPS) is 11.0. The Kier molecular flexibility index (Phi) is 5.12. The lowest BCUT2D eigenvalue weighted by Crippen LogP contribution is -2.31. The molecule has 0 fully saturated rings. The SMILES string of the molecule is CCN(C(=O)c1cc(-c2ccccc2)nc2c1cnn2CC)c1ccccc1C. The van der Waals surface area contributed by atoms with Crippen molar-refractivity contribution in [3.63, 3.8) is 0 Å². The summed E-state index contributed by atoms with van der Waals surface area (Å²) in [7, 11) is 0. The van der Waals surface area contributed by atoms with E-state index in [4.69, 9.17) is 4.98 Å². The average Bonchev–Trinajstić information content (AvgIpc) is 3.18. The van der Waals surface area contributed by atoms with Crippen LogP contribution >= 0.6 is 0 Å². The predicted molar refractivity (Wildman–Crippen MR) is 117 cm³/mol. The molecule has 5 nitrogen and oxygen atoms in total. The molecule has 0 spiro atoms. The lowest BCUT2D eigenvalue weighted by Gasteiger charge is -2.23. The summed E-state index contributed by atoms with van der Waals surface area (Å²) >= 11 is 0. The molecule has 0 atom stereocenters. The molecular formula is C24H24N4O. The zero-order chi connectivity index (χ0) is 20.4. The number of anilines is 1. The van der Waals surface area contributed by atoms with E-state index in [0.717, 1.165) is 33.5 Å². The smallest absolute Gasteiger partial charge is 0.259 e. The summed E-state index contributed by atoms with van der Waals surface area (Å²) in [4.78, 5) is 20.3. The second-order valence-electron chi connectivity index (χ2n) is 6.95. The number of benzene rings is 2. The van der Waals surface area contributed by atoms with Crippen LogP contribution in [0.25, 0.3) is 22.3 Å². The molecule has 4 rings (SSSR count). The van der Waals surface area contributed by atoms with Gasteiger partial charge < -0.3 is 4.90 Å². The summed E-state index contributed by atoms with van der Waals surface area (Å²) in [5.74, 6) is -0.0398. The fourth-order valence-electron chi connectivity index (χ4n) is 3.65. The maximum Gasteiger partial charge on any atom is 0.259 e. The van der Waals surface area contributed by atoms with Crippen LogP contribution in [-0.2, 0) is 6.54 Å². The highest BCUT2D eigenvalue weighted by Gasteiger charge is 2.23. The molecule has 4 aromatic rings. The van der Waals surface area contributed by atoms with Crippen LogP contribution in [0.1, 0.15) is 29.8 Å². The van der Waals surface area contributed by atoms with Crippen LogP contribution in [0.5, 0.6) is 0 Å². The molecule has 0 aliphatic rings. The summed E-state index contributed by atoms with van der Waals surface area (Å²) < 4.78 is 1.84. The molecule has 2 heterocycles. The van der Waals surface area contributed by atoms with E-state index in [1.165, 1.54) is 0 Å². The number of carbonyl (C=O) groups excluding carboxylic acids is 1. The first kappa shape index (κ1) is 18.9. The summed E-state index contributed by atoms with van der Waals surface area (Å²) in [5.41, 5.74) is 5.11. The molecule has 2 aromatic carbocycles. The van der Waals surface area contributed by atoms with Gasteiger partial charge in [0.2, 0.25) is 0 Å². The summed E-state index contributed by atoms with van der Waals surface area (Å²) in [6.45, 7) is 7.32. The molecule has 146 valence electrons. The highest BCUT2D eigenvalue weighted by molar-refractivity contribution is 6.14. The molecular weight excluding hydrogens is 360 g/mol. The number of aryl methyl sites for hydroxylation is 2. The van der Waals surface area contributed by atoms with E-state index >= 15 is 0 Å². The van der Waals surface area contributed by atoms with Gasteiger partial charge in [0.1, 0.15) is 0 Å². The number of hydrogen-bond donors (Lipinski definition) is 0. The van der Waals surface area contributed by atoms with Crippen LogP contribution < -0.4 is 4.90 Å². The van der Waals surface area contributed by atoms with Crippen molar-refractivity contribution in [1.82, 2.24) is 14.8 Å². The Morgan fingerprint density at radius 2 is 1.76 bits per heavy atom. The molecule has 0 radical (unpaired) electrons. The lowest BCUT2D eigenvalue weighted by molar-refractivity contribution is 0.0989. The number of aromatic nitrogens is 3. The number of para-hydroxylation sites is 1. The van der Waals surface area contributed by atoms with Gasteiger partial charge in [-0.2, -0.15) is 5.10 Å². The third-order valence-electron chi connectivity index (χ3n) is 5.18. The van der Waals surface area contributed by atoms with Crippen LogP contribution in [-0.4, -0.2) is 27.2 Å². The van der Waals surface area contributed by atoms with Crippen molar-refractivity contribution in [3.05, 3.63) is 78.0 Å². The fraction of sp³-hybridized carbons (Fsp3) is 0.208. The lowest BCUT2D eigenvalue weighted by atomic mass is 10.0. The molecule has 0 bridgehead atoms. The van der Waals surface area contributed by atoms with Gasteiger partial charge in [0.25, 0.3) is 5.91 Å². The second-order valence-corrected chi connectivity index (χ2v) is 6.95. The van der Waals surface area contributed by atoms with E-state index in [-0.39, 0.29) is 5.91 Å². The second kappa shape index (κ2) is 7.87. The van der Waals surface area contributed by atoms with E-state index in [9.17, 15) is 4.79 Å². The Hall–Kier alpha value is -3.47. The number of amides is 1. The van der Waals surface area contributed by atoms with E-state index < -0.39 is 0 Å². The topological polar surface area (TPSA) is 51.0 Å². The predicted octanol–water partition coefficient (Wildman–Crippen LogP) is 5.09. The van der Waals surface area contributed by atoms with Gasteiger partial charge in [0.15, 0.2) is 5.65 Å². The van der Waals surface area contributed by atoms with E-state index in [2.05, 4.69) is 5.10 Å². The van der Waals surface area contributed by atoms with Crippen LogP contribution in [0, 0.1) is 6.92 Å². The minimum absolute atomic E-state index is 0.0398. The minimum Gasteiger partial charge on any atom is -0.308 e. The van der Waals surface area contributed by atoms with Crippen molar-refractivity contribution < 1.29 is 4.79 Å². The number of rotatable bonds is 5. The first-order valence-corrected chi connectivity index (χ1v) is 9.93. The van der Waals surface area contributed by atoms with Gasteiger partial charge in [-0.1, -0.05) is 48.5 Å². The number of nitrogens with zero attached hydrogens (tertiary/aromatic N) is 4. The van der Waals surface area contributed by atoms with E-state index in [1.807, 2.05) is 91.0 Å². The van der Waals surface area contributed by atoms with Crippen LogP contribution in [0.2, 0.25) is 0 Å². The number of pyridine rings is 1. The Balaban J connectivity index is 1.91. The van der Waals surface area contributed by atoms with Gasteiger partial charge in [-0.05, 0) is 38.5 Å². The average molecular weight is 384 g/mol. The zero-order valence-electron chi connectivity index (χ0n) is 17.0. The van der Waals surface area contributed by atoms with Gasteiger partial charge in [-0.15, -0.1) is 0 Å². The highest BCUT2D eigenvalue weighted by atomic mass is 16.2. The van der Waals surface area contributed by atoms with Crippen molar-refractivity contribution in [2.45, 2.75) is 27.3 Å². The first-order valence-electron chi connectivity index (χ1n) is 9.93. The van der Waals surface area contributed by atoms with E-state index in [0.29, 0.717) is 18.7 Å². The van der Waals surface area contributed by atoms with Gasteiger partial charge in [0.05, 0.1) is 22.8 Å². The number of fused-ring (bicyclic) bond motifs is 1. The summed E-state index contributed by atoms with van der Waals surface area (Å²) in [5, 5.41) is 5.23. The monoisotopic (exact) mass is 384 g/mol. The maximum atomic E-state index is 13.7. The maximum absolute atomic E-state index is 13.7. The van der Waals surface area contributed by atoms with Crippen molar-refractivity contribution >= 4 is 22.6 Å². The molecule has 29 heavy (non-hydrogen) atoms. The molecule has 2 aromatic heterocycles. The third kappa shape index (κ3) is 3.40. The van der Waals surface area contributed by atoms with Gasteiger partial charge in [-0.25, -0.2) is 9.67 Å². The van der Waals surface area contributed by atoms with E-state index in [1.54, 1.807) is 6.20 Å². The van der Waals surface area contributed by atoms with Gasteiger partial charge >= 0.3 is 0 Å². The Bertz CT molecular complexity index is 1160. The Labute approximate surface area is 170 Å². The first-order chi connectivity index (χ1) is 14.1. The summed E-state index contributed by atoms with van der Waals surface area (Å²) in [6, 6.07) is 19.8. The molecule has 0 unspecified atom stereocenters. The highest BCUT2D eigenvalue weighted by Crippen LogP contribution is 2.28. The number of hydrogen-bond acceptors (Lipinski definition) is 3. The molecule has 0 saturated heterocycles. The van der Waals surface area contributed by atoms with Crippen molar-refractivity contribution in [3.8, 4) is 11.3 Å². The van der Waals surface area contributed by atoms with Gasteiger partial charge in [-0.3, -0.25) is 4.79 Å². The molecule has 5 heteroatoms. The van der Waals surface area contributed by atoms with Crippen molar-refractivity contribution in [1.29, 1.82) is 0 Å². The molecule has 0 saturated carbocycles. The standard InChI is InChI=1S/C24H24N4O/c1-4-27(22-14-10-9-11-17(22)3)24(29)19-15-21(18-12-7-6-8-13-18)26-23-20(19)16-25-28(23)5-2/h6-16H,4-5H2,1-3H3. The molecule has 0 aliphatic carbocycles. The van der Waals surface area contributed by atoms with Gasteiger partial charge in [0, 0.05) is 24.3 Å². The fourth-order valence-corrected chi connectivity index (χ4v) is 3.65. The summed E-state index contributed by atoms with van der Waals surface area (Å²) in [6.07, 6.45) is 1.75. The molecule has 0 aliphatic heterocycles. The van der Waals surface area contributed by atoms with Crippen LogP contribution in [0.15, 0.2) is 66.9 Å².